The number of carbonyl (C=O) groups is 1. The normalized spacial score (nSPS) is 10.3. The van der Waals surface area contributed by atoms with Crippen molar-refractivity contribution >= 4 is 33.2 Å². The first-order valence-corrected chi connectivity index (χ1v) is 7.00. The zero-order valence-corrected chi connectivity index (χ0v) is 12.8. The fourth-order valence-corrected chi connectivity index (χ4v) is 2.25. The van der Waals surface area contributed by atoms with Crippen LogP contribution in [0.4, 0.5) is 20.2 Å². The molecule has 0 bridgehead atoms. The molecule has 0 atom stereocenters. The van der Waals surface area contributed by atoms with Crippen molar-refractivity contribution in [3.8, 4) is 0 Å². The molecule has 1 amide bonds. The minimum atomic E-state index is -0.734. The highest BCUT2D eigenvalue weighted by Crippen LogP contribution is 2.20. The smallest absolute Gasteiger partial charge is 0.243 e. The van der Waals surface area contributed by atoms with Gasteiger partial charge in [0.2, 0.25) is 5.91 Å². The summed E-state index contributed by atoms with van der Waals surface area (Å²) in [4.78, 5) is 11.8. The minimum absolute atomic E-state index is 0.0825. The summed E-state index contributed by atoms with van der Waals surface area (Å²) in [5, 5.41) is 5.35. The first kappa shape index (κ1) is 15.4. The van der Waals surface area contributed by atoms with Crippen LogP contribution in [0.3, 0.4) is 0 Å². The van der Waals surface area contributed by atoms with Gasteiger partial charge < -0.3 is 10.6 Å². The van der Waals surface area contributed by atoms with Gasteiger partial charge in [-0.2, -0.15) is 0 Å². The van der Waals surface area contributed by atoms with Crippen LogP contribution in [0, 0.1) is 18.6 Å². The molecule has 0 radical (unpaired) electrons. The summed E-state index contributed by atoms with van der Waals surface area (Å²) in [6, 6.07) is 8.61. The van der Waals surface area contributed by atoms with Gasteiger partial charge in [-0.3, -0.25) is 4.79 Å². The summed E-state index contributed by atoms with van der Waals surface area (Å²) in [6.45, 7) is 1.76. The predicted molar refractivity (Wildman–Crippen MR) is 82.4 cm³/mol. The quantitative estimate of drug-likeness (QED) is 0.868. The zero-order chi connectivity index (χ0) is 15.4. The largest absolute Gasteiger partial charge is 0.374 e. The van der Waals surface area contributed by atoms with E-state index in [0.29, 0.717) is 5.69 Å². The van der Waals surface area contributed by atoms with Crippen LogP contribution < -0.4 is 10.6 Å². The van der Waals surface area contributed by atoms with Crippen molar-refractivity contribution in [2.75, 3.05) is 17.2 Å². The molecule has 0 heterocycles. The summed E-state index contributed by atoms with van der Waals surface area (Å²) in [7, 11) is 0. The maximum absolute atomic E-state index is 13.4. The number of hydrogen-bond acceptors (Lipinski definition) is 2. The average Bonchev–Trinajstić information content (AvgIpc) is 2.41. The lowest BCUT2D eigenvalue weighted by Gasteiger charge is -2.10. The van der Waals surface area contributed by atoms with Crippen LogP contribution in [0.1, 0.15) is 5.56 Å². The fourth-order valence-electron chi connectivity index (χ4n) is 1.77. The van der Waals surface area contributed by atoms with Crippen LogP contribution in [0.15, 0.2) is 40.9 Å². The van der Waals surface area contributed by atoms with Crippen molar-refractivity contribution in [1.29, 1.82) is 0 Å². The molecule has 0 aliphatic carbocycles. The SMILES string of the molecule is Cc1cc(Br)ccc1NC(=O)CNc1ccc(F)cc1F. The number of benzene rings is 2. The summed E-state index contributed by atoms with van der Waals surface area (Å²) < 4.78 is 27.1. The van der Waals surface area contributed by atoms with Gasteiger partial charge in [-0.15, -0.1) is 0 Å². The molecule has 0 aliphatic rings. The Labute approximate surface area is 129 Å². The van der Waals surface area contributed by atoms with Crippen molar-refractivity contribution in [3.63, 3.8) is 0 Å². The Balaban J connectivity index is 1.96. The maximum atomic E-state index is 13.4. The highest BCUT2D eigenvalue weighted by molar-refractivity contribution is 9.10. The second kappa shape index (κ2) is 6.67. The number of rotatable bonds is 4. The number of halogens is 3. The van der Waals surface area contributed by atoms with Gasteiger partial charge in [-0.05, 0) is 42.8 Å². The monoisotopic (exact) mass is 354 g/mol. The third-order valence-electron chi connectivity index (χ3n) is 2.83. The van der Waals surface area contributed by atoms with E-state index >= 15 is 0 Å². The molecule has 0 fully saturated rings. The van der Waals surface area contributed by atoms with Crippen LogP contribution in [-0.4, -0.2) is 12.5 Å². The van der Waals surface area contributed by atoms with E-state index < -0.39 is 11.6 Å². The van der Waals surface area contributed by atoms with Gasteiger partial charge in [0, 0.05) is 16.2 Å². The number of nitrogens with one attached hydrogen (secondary N) is 2. The average molecular weight is 355 g/mol. The highest BCUT2D eigenvalue weighted by Gasteiger charge is 2.07. The molecule has 0 aromatic heterocycles. The summed E-state index contributed by atoms with van der Waals surface area (Å²) in [5.41, 5.74) is 1.68. The van der Waals surface area contributed by atoms with E-state index in [9.17, 15) is 13.6 Å². The van der Waals surface area contributed by atoms with Crippen molar-refractivity contribution in [2.45, 2.75) is 6.92 Å². The van der Waals surface area contributed by atoms with Crippen molar-refractivity contribution in [1.82, 2.24) is 0 Å². The molecule has 2 N–H and O–H groups in total. The molecule has 0 aliphatic heterocycles. The summed E-state index contributed by atoms with van der Waals surface area (Å²) in [5.74, 6) is -1.71. The molecular weight excluding hydrogens is 342 g/mol. The fraction of sp³-hybridized carbons (Fsp3) is 0.133. The Morgan fingerprint density at radius 2 is 1.86 bits per heavy atom. The van der Waals surface area contributed by atoms with Crippen molar-refractivity contribution in [3.05, 3.63) is 58.1 Å². The number of carbonyl (C=O) groups excluding carboxylic acids is 1. The Bertz CT molecular complexity index is 677. The lowest BCUT2D eigenvalue weighted by Crippen LogP contribution is -2.22. The van der Waals surface area contributed by atoms with Gasteiger partial charge in [0.1, 0.15) is 11.6 Å². The number of aryl methyl sites for hydroxylation is 1. The molecule has 21 heavy (non-hydrogen) atoms. The second-order valence-electron chi connectivity index (χ2n) is 4.49. The van der Waals surface area contributed by atoms with Crippen LogP contribution in [-0.2, 0) is 4.79 Å². The Morgan fingerprint density at radius 3 is 2.52 bits per heavy atom. The number of hydrogen-bond donors (Lipinski definition) is 2. The van der Waals surface area contributed by atoms with E-state index in [2.05, 4.69) is 26.6 Å². The first-order valence-electron chi connectivity index (χ1n) is 6.20. The maximum Gasteiger partial charge on any atom is 0.243 e. The Kier molecular flexibility index (Phi) is 4.90. The lowest BCUT2D eigenvalue weighted by molar-refractivity contribution is -0.114. The van der Waals surface area contributed by atoms with Gasteiger partial charge in [0.05, 0.1) is 12.2 Å². The Hall–Kier alpha value is -1.95. The lowest BCUT2D eigenvalue weighted by atomic mass is 10.2. The minimum Gasteiger partial charge on any atom is -0.374 e. The molecule has 110 valence electrons. The first-order chi connectivity index (χ1) is 9.95. The number of anilines is 2. The van der Waals surface area contributed by atoms with Gasteiger partial charge in [0.25, 0.3) is 0 Å². The molecule has 0 unspecified atom stereocenters. The topological polar surface area (TPSA) is 41.1 Å². The molecule has 0 saturated heterocycles. The van der Waals surface area contributed by atoms with E-state index in [1.54, 1.807) is 6.07 Å². The third kappa shape index (κ3) is 4.26. The predicted octanol–water partition coefficient (Wildman–Crippen LogP) is 4.09. The highest BCUT2D eigenvalue weighted by atomic mass is 79.9. The molecule has 0 saturated carbocycles. The summed E-state index contributed by atoms with van der Waals surface area (Å²) >= 11 is 3.34. The van der Waals surface area contributed by atoms with Crippen LogP contribution in [0.5, 0.6) is 0 Å². The number of amides is 1. The van der Waals surface area contributed by atoms with Crippen LogP contribution in [0.25, 0.3) is 0 Å². The van der Waals surface area contributed by atoms with Crippen LogP contribution in [0.2, 0.25) is 0 Å². The summed E-state index contributed by atoms with van der Waals surface area (Å²) in [6.07, 6.45) is 0. The zero-order valence-electron chi connectivity index (χ0n) is 11.2. The van der Waals surface area contributed by atoms with Crippen molar-refractivity contribution in [2.24, 2.45) is 0 Å². The van der Waals surface area contributed by atoms with E-state index in [1.807, 2.05) is 19.1 Å². The standard InChI is InChI=1S/C15H13BrF2N2O/c1-9-6-10(16)2-4-13(9)20-15(21)8-19-14-5-3-11(17)7-12(14)18/h2-7,19H,8H2,1H3,(H,20,21). The van der Waals surface area contributed by atoms with Gasteiger partial charge >= 0.3 is 0 Å². The van der Waals surface area contributed by atoms with Gasteiger partial charge in [-0.25, -0.2) is 8.78 Å². The van der Waals surface area contributed by atoms with Gasteiger partial charge in [0.15, 0.2) is 0 Å². The molecular formula is C15H13BrF2N2O. The van der Waals surface area contributed by atoms with E-state index in [1.165, 1.54) is 6.07 Å². The molecule has 2 aromatic carbocycles. The van der Waals surface area contributed by atoms with E-state index in [0.717, 1.165) is 22.2 Å². The van der Waals surface area contributed by atoms with E-state index in [-0.39, 0.29) is 18.1 Å². The Morgan fingerprint density at radius 1 is 1.14 bits per heavy atom. The van der Waals surface area contributed by atoms with Gasteiger partial charge in [-0.1, -0.05) is 15.9 Å². The molecule has 2 aromatic rings. The third-order valence-corrected chi connectivity index (χ3v) is 3.33. The van der Waals surface area contributed by atoms with Crippen LogP contribution >= 0.6 is 15.9 Å². The van der Waals surface area contributed by atoms with E-state index in [4.69, 9.17) is 0 Å². The van der Waals surface area contributed by atoms with Crippen molar-refractivity contribution < 1.29 is 13.6 Å². The molecule has 2 rings (SSSR count). The molecule has 0 spiro atoms. The molecule has 3 nitrogen and oxygen atoms in total. The second-order valence-corrected chi connectivity index (χ2v) is 5.40. The molecule has 6 heteroatoms.